The molecule has 0 atom stereocenters. The fraction of sp³-hybridized carbons (Fsp3) is 0.412. The molecule has 0 aliphatic heterocycles. The van der Waals surface area contributed by atoms with Crippen molar-refractivity contribution in [2.75, 3.05) is 13.2 Å². The molecule has 2 aromatic rings. The van der Waals surface area contributed by atoms with Crippen molar-refractivity contribution < 1.29 is 19.3 Å². The first kappa shape index (κ1) is 15.6. The second-order valence-electron chi connectivity index (χ2n) is 5.68. The number of rotatable bonds is 6. The van der Waals surface area contributed by atoms with Crippen LogP contribution in [-0.4, -0.2) is 23.4 Å². The van der Waals surface area contributed by atoms with Crippen LogP contribution in [0.2, 0.25) is 0 Å². The van der Waals surface area contributed by atoms with Gasteiger partial charge in [0.2, 0.25) is 0 Å². The van der Waals surface area contributed by atoms with Gasteiger partial charge >= 0.3 is 0 Å². The normalized spacial score (nSPS) is 11.6. The summed E-state index contributed by atoms with van der Waals surface area (Å²) in [6, 6.07) is 8.28. The quantitative estimate of drug-likeness (QED) is 0.774. The molecule has 0 aromatic carbocycles. The molecule has 0 aliphatic rings. The summed E-state index contributed by atoms with van der Waals surface area (Å²) < 4.78 is 4.02. The van der Waals surface area contributed by atoms with Gasteiger partial charge in [-0.3, -0.25) is 0 Å². The standard InChI is InChI=1S/C17H24N2O2/c1-3-17(13-20,14-21)12-19-10-6-16(7-11-19)15-4-8-18(2)9-5-15/h4-11,20-21H,3,12-14H2,1-2H3/q+2. The first-order chi connectivity index (χ1) is 10.1. The highest BCUT2D eigenvalue weighted by Crippen LogP contribution is 2.21. The molecule has 4 nitrogen and oxygen atoms in total. The van der Waals surface area contributed by atoms with E-state index in [9.17, 15) is 10.2 Å². The molecule has 112 valence electrons. The second-order valence-corrected chi connectivity index (χ2v) is 5.68. The molecule has 0 radical (unpaired) electrons. The number of aryl methyl sites for hydroxylation is 1. The predicted octanol–water partition coefficient (Wildman–Crippen LogP) is 0.847. The molecule has 21 heavy (non-hydrogen) atoms. The van der Waals surface area contributed by atoms with Gasteiger partial charge in [0.05, 0.1) is 18.6 Å². The number of hydrogen-bond donors (Lipinski definition) is 2. The van der Waals surface area contributed by atoms with Crippen LogP contribution in [0.15, 0.2) is 49.1 Å². The number of pyridine rings is 2. The Morgan fingerprint density at radius 2 is 1.38 bits per heavy atom. The zero-order valence-corrected chi connectivity index (χ0v) is 12.7. The van der Waals surface area contributed by atoms with Gasteiger partial charge in [-0.15, -0.1) is 0 Å². The van der Waals surface area contributed by atoms with Gasteiger partial charge < -0.3 is 10.2 Å². The fourth-order valence-electron chi connectivity index (χ4n) is 2.32. The van der Waals surface area contributed by atoms with Gasteiger partial charge in [-0.1, -0.05) is 6.92 Å². The van der Waals surface area contributed by atoms with Gasteiger partial charge in [-0.05, 0) is 17.5 Å². The van der Waals surface area contributed by atoms with Crippen LogP contribution < -0.4 is 9.13 Å². The first-order valence-electron chi connectivity index (χ1n) is 7.29. The molecule has 4 heteroatoms. The van der Waals surface area contributed by atoms with E-state index in [0.717, 1.165) is 12.0 Å². The highest BCUT2D eigenvalue weighted by molar-refractivity contribution is 5.60. The zero-order valence-electron chi connectivity index (χ0n) is 12.7. The van der Waals surface area contributed by atoms with Crippen molar-refractivity contribution in [1.29, 1.82) is 0 Å². The van der Waals surface area contributed by atoms with E-state index in [1.807, 2.05) is 47.9 Å². The Hall–Kier alpha value is -1.78. The summed E-state index contributed by atoms with van der Waals surface area (Å²) in [6.07, 6.45) is 8.78. The third-order valence-electron chi connectivity index (χ3n) is 4.14. The number of aliphatic hydroxyl groups excluding tert-OH is 2. The van der Waals surface area contributed by atoms with Crippen LogP contribution in [0.3, 0.4) is 0 Å². The molecule has 0 saturated carbocycles. The summed E-state index contributed by atoms with van der Waals surface area (Å²) in [6.45, 7) is 2.58. The molecule has 2 N–H and O–H groups in total. The Morgan fingerprint density at radius 3 is 1.81 bits per heavy atom. The third-order valence-corrected chi connectivity index (χ3v) is 4.14. The lowest BCUT2D eigenvalue weighted by atomic mass is 9.87. The van der Waals surface area contributed by atoms with Crippen molar-refractivity contribution in [2.45, 2.75) is 19.9 Å². The fourth-order valence-corrected chi connectivity index (χ4v) is 2.32. The summed E-state index contributed by atoms with van der Waals surface area (Å²) in [4.78, 5) is 0. The van der Waals surface area contributed by atoms with Crippen LogP contribution in [0.25, 0.3) is 11.1 Å². The molecule has 0 fully saturated rings. The van der Waals surface area contributed by atoms with Crippen LogP contribution >= 0.6 is 0 Å². The van der Waals surface area contributed by atoms with Gasteiger partial charge in [0, 0.05) is 24.3 Å². The van der Waals surface area contributed by atoms with Gasteiger partial charge in [-0.2, -0.15) is 0 Å². The van der Waals surface area contributed by atoms with Crippen LogP contribution in [0.4, 0.5) is 0 Å². The summed E-state index contributed by atoms with van der Waals surface area (Å²) in [5.74, 6) is 0. The maximum Gasteiger partial charge on any atom is 0.169 e. The Kier molecular flexibility index (Phi) is 5.04. The number of nitrogens with zero attached hydrogens (tertiary/aromatic N) is 2. The Labute approximate surface area is 125 Å². The van der Waals surface area contributed by atoms with E-state index in [1.165, 1.54) is 5.56 Å². The summed E-state index contributed by atoms with van der Waals surface area (Å²) >= 11 is 0. The molecule has 2 aromatic heterocycles. The average Bonchev–Trinajstić information content (AvgIpc) is 2.54. The van der Waals surface area contributed by atoms with Gasteiger partial charge in [0.25, 0.3) is 0 Å². The van der Waals surface area contributed by atoms with Crippen molar-refractivity contribution >= 4 is 0 Å². The molecular formula is C17H24N2O2+2. The Bertz CT molecular complexity index is 552. The SMILES string of the molecule is CCC(CO)(CO)C[n+]1ccc(-c2cc[n+](C)cc2)cc1. The van der Waals surface area contributed by atoms with E-state index in [0.29, 0.717) is 6.54 Å². The minimum absolute atomic E-state index is 0.00998. The molecule has 0 spiro atoms. The molecule has 0 saturated heterocycles. The van der Waals surface area contributed by atoms with Gasteiger partial charge in [-0.25, -0.2) is 9.13 Å². The summed E-state index contributed by atoms with van der Waals surface area (Å²) in [7, 11) is 2.00. The Balaban J connectivity index is 2.17. The van der Waals surface area contributed by atoms with Crippen LogP contribution in [0.5, 0.6) is 0 Å². The van der Waals surface area contributed by atoms with E-state index in [1.54, 1.807) is 0 Å². The molecular weight excluding hydrogens is 264 g/mol. The number of hydrogen-bond acceptors (Lipinski definition) is 2. The second kappa shape index (κ2) is 6.78. The molecule has 2 heterocycles. The van der Waals surface area contributed by atoms with Gasteiger partial charge in [0.15, 0.2) is 31.3 Å². The lowest BCUT2D eigenvalue weighted by Gasteiger charge is -2.24. The van der Waals surface area contributed by atoms with Gasteiger partial charge in [0.1, 0.15) is 7.05 Å². The smallest absolute Gasteiger partial charge is 0.169 e. The molecule has 0 amide bonds. The molecule has 0 unspecified atom stereocenters. The lowest BCUT2D eigenvalue weighted by molar-refractivity contribution is -0.710. The van der Waals surface area contributed by atoms with Crippen molar-refractivity contribution in [3.05, 3.63) is 49.1 Å². The summed E-state index contributed by atoms with van der Waals surface area (Å²) in [5, 5.41) is 19.0. The zero-order chi connectivity index (χ0) is 15.3. The molecule has 0 bridgehead atoms. The highest BCUT2D eigenvalue weighted by atomic mass is 16.3. The highest BCUT2D eigenvalue weighted by Gasteiger charge is 2.31. The van der Waals surface area contributed by atoms with E-state index in [-0.39, 0.29) is 13.2 Å². The maximum absolute atomic E-state index is 9.52. The topological polar surface area (TPSA) is 48.2 Å². The minimum Gasteiger partial charge on any atom is -0.395 e. The van der Waals surface area contributed by atoms with Crippen molar-refractivity contribution in [1.82, 2.24) is 0 Å². The van der Waals surface area contributed by atoms with Crippen LogP contribution in [0.1, 0.15) is 13.3 Å². The van der Waals surface area contributed by atoms with E-state index in [4.69, 9.17) is 0 Å². The van der Waals surface area contributed by atoms with Crippen molar-refractivity contribution in [3.8, 4) is 11.1 Å². The van der Waals surface area contributed by atoms with Crippen molar-refractivity contribution in [3.63, 3.8) is 0 Å². The van der Waals surface area contributed by atoms with Crippen molar-refractivity contribution in [2.24, 2.45) is 12.5 Å². The number of aliphatic hydroxyl groups is 2. The van der Waals surface area contributed by atoms with E-state index >= 15 is 0 Å². The maximum atomic E-state index is 9.52. The third kappa shape index (κ3) is 3.65. The van der Waals surface area contributed by atoms with Crippen LogP contribution in [0, 0.1) is 5.41 Å². The molecule has 0 aliphatic carbocycles. The minimum atomic E-state index is -0.452. The van der Waals surface area contributed by atoms with E-state index in [2.05, 4.69) is 24.3 Å². The van der Waals surface area contributed by atoms with Crippen LogP contribution in [-0.2, 0) is 13.6 Å². The monoisotopic (exact) mass is 288 g/mol. The predicted molar refractivity (Wildman–Crippen MR) is 80.1 cm³/mol. The Morgan fingerprint density at radius 1 is 0.905 bits per heavy atom. The lowest BCUT2D eigenvalue weighted by Crippen LogP contribution is -2.46. The van der Waals surface area contributed by atoms with E-state index < -0.39 is 5.41 Å². The largest absolute Gasteiger partial charge is 0.395 e. The summed E-state index contributed by atoms with van der Waals surface area (Å²) in [5.41, 5.74) is 1.88. The first-order valence-corrected chi connectivity index (χ1v) is 7.29. The average molecular weight is 288 g/mol. The number of aromatic nitrogens is 2. The molecule has 2 rings (SSSR count).